The van der Waals surface area contributed by atoms with Crippen LogP contribution in [0.25, 0.3) is 11.5 Å². The molecule has 0 amide bonds. The Morgan fingerprint density at radius 3 is 2.44 bits per heavy atom. The number of hydrogen-bond acceptors (Lipinski definition) is 6. The summed E-state index contributed by atoms with van der Waals surface area (Å²) in [7, 11) is 0. The molecule has 0 radical (unpaired) electrons. The minimum absolute atomic E-state index is 0.220. The van der Waals surface area contributed by atoms with Gasteiger partial charge in [0.15, 0.2) is 6.10 Å². The van der Waals surface area contributed by atoms with E-state index in [-0.39, 0.29) is 5.89 Å². The van der Waals surface area contributed by atoms with Crippen molar-refractivity contribution in [2.45, 2.75) is 20.0 Å². The number of hydrogen-bond donors (Lipinski definition) is 0. The zero-order valence-corrected chi connectivity index (χ0v) is 13.8. The topological polar surface area (TPSA) is 89.0 Å². The molecule has 1 heterocycles. The maximum atomic E-state index is 12.1. The van der Waals surface area contributed by atoms with E-state index in [4.69, 9.17) is 14.4 Å². The first-order valence-corrected chi connectivity index (χ1v) is 7.68. The molecule has 3 rings (SSSR count). The summed E-state index contributed by atoms with van der Waals surface area (Å²) in [5.41, 5.74) is 2.76. The lowest BCUT2D eigenvalue weighted by Crippen LogP contribution is -2.09. The van der Waals surface area contributed by atoms with Crippen molar-refractivity contribution < 1.29 is 13.9 Å². The smallest absolute Gasteiger partial charge is 0.338 e. The third kappa shape index (κ3) is 3.72. The molecule has 0 aliphatic carbocycles. The van der Waals surface area contributed by atoms with Gasteiger partial charge in [-0.3, -0.25) is 0 Å². The van der Waals surface area contributed by atoms with E-state index < -0.39 is 12.1 Å². The third-order valence-corrected chi connectivity index (χ3v) is 3.62. The van der Waals surface area contributed by atoms with Gasteiger partial charge in [0.05, 0.1) is 17.2 Å². The van der Waals surface area contributed by atoms with Crippen LogP contribution in [0.15, 0.2) is 52.9 Å². The van der Waals surface area contributed by atoms with Crippen molar-refractivity contribution in [3.8, 4) is 17.5 Å². The van der Waals surface area contributed by atoms with Crippen molar-refractivity contribution in [3.05, 3.63) is 71.1 Å². The van der Waals surface area contributed by atoms with E-state index in [9.17, 15) is 4.79 Å². The van der Waals surface area contributed by atoms with E-state index in [1.165, 1.54) is 0 Å². The van der Waals surface area contributed by atoms with Gasteiger partial charge in [-0.2, -0.15) is 5.26 Å². The van der Waals surface area contributed by atoms with E-state index in [1.807, 2.05) is 37.3 Å². The van der Waals surface area contributed by atoms with Crippen molar-refractivity contribution in [2.75, 3.05) is 0 Å². The molecule has 0 spiro atoms. The molecule has 1 aromatic heterocycles. The van der Waals surface area contributed by atoms with Gasteiger partial charge < -0.3 is 9.15 Å². The van der Waals surface area contributed by atoms with Gasteiger partial charge in [0.25, 0.3) is 5.89 Å². The van der Waals surface area contributed by atoms with Crippen LogP contribution in [0.1, 0.15) is 40.4 Å². The molecule has 0 N–H and O–H groups in total. The van der Waals surface area contributed by atoms with Crippen molar-refractivity contribution in [3.63, 3.8) is 0 Å². The molecule has 0 bridgehead atoms. The largest absolute Gasteiger partial charge is 0.449 e. The Morgan fingerprint density at radius 1 is 1.12 bits per heavy atom. The maximum Gasteiger partial charge on any atom is 0.338 e. The Bertz CT molecular complexity index is 922. The average molecular weight is 333 g/mol. The summed E-state index contributed by atoms with van der Waals surface area (Å²) in [5, 5.41) is 16.7. The van der Waals surface area contributed by atoms with Gasteiger partial charge in [-0.15, -0.1) is 10.2 Å². The summed E-state index contributed by atoms with van der Waals surface area (Å²) in [6.07, 6.45) is -0.685. The van der Waals surface area contributed by atoms with Crippen LogP contribution >= 0.6 is 0 Å². The lowest BCUT2D eigenvalue weighted by atomic mass is 10.1. The zero-order valence-electron chi connectivity index (χ0n) is 13.8. The number of esters is 1. The first-order chi connectivity index (χ1) is 12.1. The van der Waals surface area contributed by atoms with E-state index in [2.05, 4.69) is 10.2 Å². The Morgan fingerprint density at radius 2 is 1.80 bits per heavy atom. The number of carbonyl (C=O) groups is 1. The predicted octanol–water partition coefficient (Wildman–Crippen LogP) is 3.83. The summed E-state index contributed by atoms with van der Waals surface area (Å²) in [4.78, 5) is 12.1. The number of benzene rings is 2. The van der Waals surface area contributed by atoms with Crippen molar-refractivity contribution >= 4 is 5.97 Å². The van der Waals surface area contributed by atoms with E-state index in [0.717, 1.165) is 11.1 Å². The minimum atomic E-state index is -0.685. The molecule has 1 unspecified atom stereocenters. The summed E-state index contributed by atoms with van der Waals surface area (Å²) in [6.45, 7) is 3.65. The van der Waals surface area contributed by atoms with E-state index in [0.29, 0.717) is 17.0 Å². The quantitative estimate of drug-likeness (QED) is 0.674. The standard InChI is InChI=1S/C19H15N3O3/c1-12-3-7-15(8-4-12)18-22-21-17(25-18)13(2)24-19(23)16-9-5-14(11-20)6-10-16/h3-10,13H,1-2H3. The zero-order chi connectivity index (χ0) is 17.8. The highest BCUT2D eigenvalue weighted by atomic mass is 16.6. The predicted molar refractivity (Wildman–Crippen MR) is 89.5 cm³/mol. The molecule has 3 aromatic rings. The fraction of sp³-hybridized carbons (Fsp3) is 0.158. The molecule has 0 saturated carbocycles. The van der Waals surface area contributed by atoms with Crippen LogP contribution in [0.3, 0.4) is 0 Å². The van der Waals surface area contributed by atoms with Crippen LogP contribution < -0.4 is 0 Å². The van der Waals surface area contributed by atoms with E-state index in [1.54, 1.807) is 31.2 Å². The highest BCUT2D eigenvalue weighted by molar-refractivity contribution is 5.89. The number of ether oxygens (including phenoxy) is 1. The molecule has 0 aliphatic heterocycles. The Kier molecular flexibility index (Phi) is 4.57. The summed E-state index contributed by atoms with van der Waals surface area (Å²) >= 11 is 0. The lowest BCUT2D eigenvalue weighted by Gasteiger charge is -2.09. The number of nitrogens with zero attached hydrogens (tertiary/aromatic N) is 3. The molecule has 0 aliphatic rings. The Labute approximate surface area is 144 Å². The van der Waals surface area contributed by atoms with Crippen molar-refractivity contribution in [1.82, 2.24) is 10.2 Å². The van der Waals surface area contributed by atoms with E-state index >= 15 is 0 Å². The molecule has 6 heteroatoms. The van der Waals surface area contributed by atoms with Crippen LogP contribution in [-0.2, 0) is 4.74 Å². The van der Waals surface area contributed by atoms with Crippen molar-refractivity contribution in [2.24, 2.45) is 0 Å². The lowest BCUT2D eigenvalue weighted by molar-refractivity contribution is 0.0280. The first-order valence-electron chi connectivity index (χ1n) is 7.68. The van der Waals surface area contributed by atoms with Crippen LogP contribution in [0, 0.1) is 18.3 Å². The highest BCUT2D eigenvalue weighted by Crippen LogP contribution is 2.23. The monoisotopic (exact) mass is 333 g/mol. The molecule has 25 heavy (non-hydrogen) atoms. The SMILES string of the molecule is Cc1ccc(-c2nnc(C(C)OC(=O)c3ccc(C#N)cc3)o2)cc1. The molecule has 2 aromatic carbocycles. The van der Waals surface area contributed by atoms with Crippen LogP contribution in [-0.4, -0.2) is 16.2 Å². The highest BCUT2D eigenvalue weighted by Gasteiger charge is 2.20. The van der Waals surface area contributed by atoms with Crippen LogP contribution in [0.4, 0.5) is 0 Å². The number of nitriles is 1. The number of aryl methyl sites for hydroxylation is 1. The molecule has 6 nitrogen and oxygen atoms in total. The van der Waals surface area contributed by atoms with Gasteiger partial charge in [-0.25, -0.2) is 4.79 Å². The Hall–Kier alpha value is -3.46. The second-order valence-electron chi connectivity index (χ2n) is 5.55. The molecule has 0 saturated heterocycles. The average Bonchev–Trinajstić information content (AvgIpc) is 3.12. The van der Waals surface area contributed by atoms with Gasteiger partial charge in [0.2, 0.25) is 5.89 Å². The second kappa shape index (κ2) is 6.97. The summed E-state index contributed by atoms with van der Waals surface area (Å²) in [5.74, 6) is 0.0703. The fourth-order valence-corrected chi connectivity index (χ4v) is 2.17. The van der Waals surface area contributed by atoms with Gasteiger partial charge in [0, 0.05) is 5.56 Å². The number of carbonyl (C=O) groups excluding carboxylic acids is 1. The molecular formula is C19H15N3O3. The molecule has 1 atom stereocenters. The van der Waals surface area contributed by atoms with Crippen molar-refractivity contribution in [1.29, 1.82) is 5.26 Å². The van der Waals surface area contributed by atoms with Crippen LogP contribution in [0.5, 0.6) is 0 Å². The number of rotatable bonds is 4. The number of aromatic nitrogens is 2. The third-order valence-electron chi connectivity index (χ3n) is 3.62. The summed E-state index contributed by atoms with van der Waals surface area (Å²) < 4.78 is 10.9. The maximum absolute atomic E-state index is 12.1. The minimum Gasteiger partial charge on any atom is -0.449 e. The normalized spacial score (nSPS) is 11.6. The van der Waals surface area contributed by atoms with Gasteiger partial charge in [-0.05, 0) is 50.2 Å². The summed E-state index contributed by atoms with van der Waals surface area (Å²) in [6, 6.07) is 15.9. The molecule has 0 fully saturated rings. The van der Waals surface area contributed by atoms with Gasteiger partial charge in [0.1, 0.15) is 0 Å². The first kappa shape index (κ1) is 16.4. The second-order valence-corrected chi connectivity index (χ2v) is 5.55. The van der Waals surface area contributed by atoms with Crippen LogP contribution in [0.2, 0.25) is 0 Å². The van der Waals surface area contributed by atoms with Gasteiger partial charge in [-0.1, -0.05) is 17.7 Å². The fourth-order valence-electron chi connectivity index (χ4n) is 2.17. The van der Waals surface area contributed by atoms with Gasteiger partial charge >= 0.3 is 5.97 Å². The molecule has 124 valence electrons. The molecular weight excluding hydrogens is 318 g/mol. The Balaban J connectivity index is 1.70.